The molecular formula is C16H22N6O. The van der Waals surface area contributed by atoms with Crippen molar-refractivity contribution in [2.24, 2.45) is 0 Å². The molecule has 1 amide bonds. The Morgan fingerprint density at radius 3 is 2.83 bits per heavy atom. The highest BCUT2D eigenvalue weighted by Crippen LogP contribution is 2.32. The van der Waals surface area contributed by atoms with Crippen molar-refractivity contribution in [2.75, 3.05) is 25.5 Å². The minimum absolute atomic E-state index is 0.0204. The third kappa shape index (κ3) is 3.04. The zero-order valence-electron chi connectivity index (χ0n) is 13.8. The first-order valence-electron chi connectivity index (χ1n) is 7.96. The highest BCUT2D eigenvalue weighted by Gasteiger charge is 2.32. The first-order valence-corrected chi connectivity index (χ1v) is 7.96. The number of hydrogen-bond donors (Lipinski definition) is 1. The minimum Gasteiger partial charge on any atom is -0.361 e. The van der Waals surface area contributed by atoms with Gasteiger partial charge < -0.3 is 9.80 Å². The maximum absolute atomic E-state index is 12.7. The smallest absolute Gasteiger partial charge is 0.274 e. The SMILES string of the molecule is CCc1cc(C(=O)N2CCCC2c2ccc(N(C)C)nn2)n[nH]1. The lowest BCUT2D eigenvalue weighted by atomic mass is 10.1. The average molecular weight is 314 g/mol. The van der Waals surface area contributed by atoms with Crippen LogP contribution in [0.1, 0.15) is 47.7 Å². The van der Waals surface area contributed by atoms with Crippen molar-refractivity contribution in [1.82, 2.24) is 25.3 Å². The van der Waals surface area contributed by atoms with Gasteiger partial charge in [-0.3, -0.25) is 9.89 Å². The number of H-pyrrole nitrogens is 1. The lowest BCUT2D eigenvalue weighted by molar-refractivity contribution is 0.0726. The number of carbonyl (C=O) groups excluding carboxylic acids is 1. The van der Waals surface area contributed by atoms with Gasteiger partial charge in [-0.25, -0.2) is 0 Å². The molecule has 3 rings (SSSR count). The van der Waals surface area contributed by atoms with Crippen LogP contribution < -0.4 is 4.90 Å². The minimum atomic E-state index is -0.0399. The first kappa shape index (κ1) is 15.5. The molecular weight excluding hydrogens is 292 g/mol. The molecule has 7 nitrogen and oxygen atoms in total. The van der Waals surface area contributed by atoms with Gasteiger partial charge in [0.25, 0.3) is 5.91 Å². The van der Waals surface area contributed by atoms with Gasteiger partial charge in [0.15, 0.2) is 5.82 Å². The number of likely N-dealkylation sites (tertiary alicyclic amines) is 1. The van der Waals surface area contributed by atoms with Crippen LogP contribution in [0.15, 0.2) is 18.2 Å². The van der Waals surface area contributed by atoms with Crippen molar-refractivity contribution in [1.29, 1.82) is 0 Å². The van der Waals surface area contributed by atoms with E-state index in [1.54, 1.807) is 0 Å². The molecule has 0 bridgehead atoms. The summed E-state index contributed by atoms with van der Waals surface area (Å²) in [6.45, 7) is 2.76. The number of rotatable bonds is 4. The highest BCUT2D eigenvalue weighted by molar-refractivity contribution is 5.92. The fourth-order valence-electron chi connectivity index (χ4n) is 2.87. The van der Waals surface area contributed by atoms with Crippen LogP contribution in [0, 0.1) is 0 Å². The van der Waals surface area contributed by atoms with E-state index in [-0.39, 0.29) is 11.9 Å². The number of hydrogen-bond acceptors (Lipinski definition) is 5. The van der Waals surface area contributed by atoms with E-state index < -0.39 is 0 Å². The molecule has 0 spiro atoms. The van der Waals surface area contributed by atoms with Crippen molar-refractivity contribution in [3.05, 3.63) is 35.3 Å². The van der Waals surface area contributed by atoms with Gasteiger partial charge in [0.2, 0.25) is 0 Å². The summed E-state index contributed by atoms with van der Waals surface area (Å²) in [5.74, 6) is 0.770. The van der Waals surface area contributed by atoms with Gasteiger partial charge in [-0.1, -0.05) is 6.92 Å². The van der Waals surface area contributed by atoms with E-state index in [0.717, 1.165) is 43.0 Å². The molecule has 1 atom stereocenters. The number of aryl methyl sites for hydroxylation is 1. The molecule has 1 aliphatic rings. The van der Waals surface area contributed by atoms with E-state index in [1.807, 2.05) is 49.0 Å². The summed E-state index contributed by atoms with van der Waals surface area (Å²) in [5, 5.41) is 15.6. The summed E-state index contributed by atoms with van der Waals surface area (Å²) in [7, 11) is 3.86. The summed E-state index contributed by atoms with van der Waals surface area (Å²) in [6, 6.07) is 5.71. The van der Waals surface area contributed by atoms with E-state index in [1.165, 1.54) is 0 Å². The zero-order chi connectivity index (χ0) is 16.4. The molecule has 23 heavy (non-hydrogen) atoms. The van der Waals surface area contributed by atoms with Crippen molar-refractivity contribution in [3.8, 4) is 0 Å². The van der Waals surface area contributed by atoms with Gasteiger partial charge in [-0.2, -0.15) is 10.2 Å². The third-order valence-corrected chi connectivity index (χ3v) is 4.22. The number of amides is 1. The van der Waals surface area contributed by atoms with Crippen molar-refractivity contribution in [3.63, 3.8) is 0 Å². The van der Waals surface area contributed by atoms with Crippen LogP contribution in [0.4, 0.5) is 5.82 Å². The summed E-state index contributed by atoms with van der Waals surface area (Å²) in [5.41, 5.74) is 2.29. The van der Waals surface area contributed by atoms with Gasteiger partial charge in [-0.15, -0.1) is 5.10 Å². The molecule has 3 heterocycles. The Hall–Kier alpha value is -2.44. The second kappa shape index (κ2) is 6.36. The van der Waals surface area contributed by atoms with Crippen molar-refractivity contribution in [2.45, 2.75) is 32.2 Å². The lowest BCUT2D eigenvalue weighted by Crippen LogP contribution is -2.31. The number of nitrogens with one attached hydrogen (secondary N) is 1. The number of anilines is 1. The Balaban J connectivity index is 1.80. The summed E-state index contributed by atoms with van der Waals surface area (Å²) >= 11 is 0. The standard InChI is InChI=1S/C16H22N6O/c1-4-11-10-13(19-17-11)16(23)22-9-5-6-14(22)12-7-8-15(20-18-12)21(2)3/h7-8,10,14H,4-6,9H2,1-3H3,(H,17,19). The Bertz CT molecular complexity index is 678. The number of nitrogens with zero attached hydrogens (tertiary/aromatic N) is 5. The van der Waals surface area contributed by atoms with Gasteiger partial charge in [-0.05, 0) is 37.5 Å². The average Bonchev–Trinajstić information content (AvgIpc) is 3.23. The number of aromatic nitrogens is 4. The van der Waals surface area contributed by atoms with Crippen LogP contribution in [-0.2, 0) is 6.42 Å². The second-order valence-corrected chi connectivity index (χ2v) is 6.00. The quantitative estimate of drug-likeness (QED) is 0.931. The molecule has 0 saturated carbocycles. The van der Waals surface area contributed by atoms with E-state index in [9.17, 15) is 4.79 Å². The predicted molar refractivity (Wildman–Crippen MR) is 87.3 cm³/mol. The van der Waals surface area contributed by atoms with E-state index in [2.05, 4.69) is 20.4 Å². The zero-order valence-corrected chi connectivity index (χ0v) is 13.8. The van der Waals surface area contributed by atoms with E-state index in [4.69, 9.17) is 0 Å². The van der Waals surface area contributed by atoms with Gasteiger partial charge >= 0.3 is 0 Å². The van der Waals surface area contributed by atoms with E-state index in [0.29, 0.717) is 5.69 Å². The molecule has 1 saturated heterocycles. The Morgan fingerprint density at radius 2 is 2.22 bits per heavy atom. The summed E-state index contributed by atoms with van der Waals surface area (Å²) in [6.07, 6.45) is 2.71. The molecule has 1 fully saturated rings. The molecule has 0 aromatic carbocycles. The monoisotopic (exact) mass is 314 g/mol. The maximum atomic E-state index is 12.7. The fourth-order valence-corrected chi connectivity index (χ4v) is 2.87. The van der Waals surface area contributed by atoms with Crippen molar-refractivity contribution >= 4 is 11.7 Å². The lowest BCUT2D eigenvalue weighted by Gasteiger charge is -2.23. The van der Waals surface area contributed by atoms with Crippen molar-refractivity contribution < 1.29 is 4.79 Å². The van der Waals surface area contributed by atoms with E-state index >= 15 is 0 Å². The summed E-state index contributed by atoms with van der Waals surface area (Å²) < 4.78 is 0. The largest absolute Gasteiger partial charge is 0.361 e. The molecule has 2 aromatic heterocycles. The Labute approximate surface area is 135 Å². The van der Waals surface area contributed by atoms with Crippen LogP contribution in [0.5, 0.6) is 0 Å². The Morgan fingerprint density at radius 1 is 1.39 bits per heavy atom. The first-order chi connectivity index (χ1) is 11.1. The van der Waals surface area contributed by atoms with Crippen LogP contribution in [0.2, 0.25) is 0 Å². The molecule has 1 unspecified atom stereocenters. The van der Waals surface area contributed by atoms with Crippen LogP contribution in [-0.4, -0.2) is 51.8 Å². The maximum Gasteiger partial charge on any atom is 0.274 e. The normalized spacial score (nSPS) is 17.5. The van der Waals surface area contributed by atoms with Crippen LogP contribution in [0.3, 0.4) is 0 Å². The van der Waals surface area contributed by atoms with Gasteiger partial charge in [0.05, 0.1) is 11.7 Å². The topological polar surface area (TPSA) is 78.0 Å². The molecule has 0 aliphatic carbocycles. The second-order valence-electron chi connectivity index (χ2n) is 6.00. The number of aromatic amines is 1. The van der Waals surface area contributed by atoms with Gasteiger partial charge in [0, 0.05) is 26.3 Å². The summed E-state index contributed by atoms with van der Waals surface area (Å²) in [4.78, 5) is 16.5. The number of carbonyl (C=O) groups is 1. The molecule has 7 heteroatoms. The Kier molecular flexibility index (Phi) is 4.27. The fraction of sp³-hybridized carbons (Fsp3) is 0.500. The molecule has 2 aromatic rings. The third-order valence-electron chi connectivity index (χ3n) is 4.22. The molecule has 1 aliphatic heterocycles. The molecule has 122 valence electrons. The molecule has 1 N–H and O–H groups in total. The molecule has 0 radical (unpaired) electrons. The van der Waals surface area contributed by atoms with Crippen LogP contribution in [0.25, 0.3) is 0 Å². The van der Waals surface area contributed by atoms with Crippen LogP contribution >= 0.6 is 0 Å². The predicted octanol–water partition coefficient (Wildman–Crippen LogP) is 1.81. The van der Waals surface area contributed by atoms with Gasteiger partial charge in [0.1, 0.15) is 5.69 Å². The highest BCUT2D eigenvalue weighted by atomic mass is 16.2.